The summed E-state index contributed by atoms with van der Waals surface area (Å²) in [7, 11) is 0. The molecule has 2 heteroatoms. The average Bonchev–Trinajstić information content (AvgIpc) is 2.08. The number of rotatable bonds is 1. The van der Waals surface area contributed by atoms with Gasteiger partial charge in [-0.2, -0.15) is 0 Å². The van der Waals surface area contributed by atoms with Crippen molar-refractivity contribution < 1.29 is 6.48 Å². The summed E-state index contributed by atoms with van der Waals surface area (Å²) in [5.41, 5.74) is 0. The van der Waals surface area contributed by atoms with Crippen molar-refractivity contribution in [1.82, 2.24) is 5.32 Å². The number of hydrogen-bond acceptors (Lipinski definition) is 2. The van der Waals surface area contributed by atoms with Crippen LogP contribution in [0.25, 0.3) is 0 Å². The first-order valence-electron chi connectivity index (χ1n) is 3.56. The van der Waals surface area contributed by atoms with Gasteiger partial charge in [0.15, 0.2) is 0 Å². The Morgan fingerprint density at radius 3 is 3.00 bits per heavy atom. The molecule has 0 radical (unpaired) electrons. The zero-order valence-corrected chi connectivity index (χ0v) is 5.15. The van der Waals surface area contributed by atoms with E-state index in [1.165, 1.54) is 6.92 Å². The van der Waals surface area contributed by atoms with Gasteiger partial charge in [0.25, 0.3) is 0 Å². The first-order chi connectivity index (χ1) is 4.11. The third-order valence-electron chi connectivity index (χ3n) is 1.56. The highest BCUT2D eigenvalue weighted by Crippen LogP contribution is 2.07. The van der Waals surface area contributed by atoms with E-state index in [0.29, 0.717) is 0 Å². The van der Waals surface area contributed by atoms with E-state index in [-0.39, 0.29) is 6.04 Å². The predicted molar refractivity (Wildman–Crippen MR) is 32.7 cm³/mol. The van der Waals surface area contributed by atoms with Gasteiger partial charge in [-0.25, -0.2) is 0 Å². The molecule has 1 aliphatic rings. The van der Waals surface area contributed by atoms with Crippen LogP contribution in [-0.4, -0.2) is 23.8 Å². The largest absolute Gasteiger partial charge is 0.392 e. The van der Waals surface area contributed by atoms with Gasteiger partial charge >= 0.3 is 0 Å². The van der Waals surface area contributed by atoms with Crippen molar-refractivity contribution in [2.45, 2.75) is 31.9 Å². The Bertz CT molecular complexity index is 93.7. The molecular formula is C6H13NO. The van der Waals surface area contributed by atoms with Gasteiger partial charge in [-0.3, -0.25) is 0 Å². The van der Waals surface area contributed by atoms with Gasteiger partial charge in [0.05, 0.1) is 7.45 Å². The molecule has 0 saturated carbocycles. The van der Waals surface area contributed by atoms with E-state index < -0.39 is 6.08 Å². The summed E-state index contributed by atoms with van der Waals surface area (Å²) in [6.07, 6.45) is 0.729. The third-order valence-corrected chi connectivity index (χ3v) is 1.56. The number of aliphatic hydroxyl groups is 1. The van der Waals surface area contributed by atoms with Gasteiger partial charge in [0.2, 0.25) is 0 Å². The van der Waals surface area contributed by atoms with Gasteiger partial charge in [-0.15, -0.1) is 0 Å². The molecule has 0 aliphatic carbocycles. The average molecular weight is 116 g/mol. The second kappa shape index (κ2) is 2.46. The second-order valence-corrected chi connectivity index (χ2v) is 2.29. The lowest BCUT2D eigenvalue weighted by molar-refractivity contribution is 0.154. The van der Waals surface area contributed by atoms with Gasteiger partial charge < -0.3 is 10.4 Å². The minimum Gasteiger partial charge on any atom is -0.392 e. The van der Waals surface area contributed by atoms with Crippen LogP contribution >= 0.6 is 0 Å². The van der Waals surface area contributed by atoms with E-state index in [9.17, 15) is 0 Å². The molecule has 0 aromatic heterocycles. The van der Waals surface area contributed by atoms with Crippen molar-refractivity contribution in [2.24, 2.45) is 0 Å². The van der Waals surface area contributed by atoms with Crippen molar-refractivity contribution in [1.29, 1.82) is 0 Å². The quantitative estimate of drug-likeness (QED) is 0.510. The molecule has 1 heterocycles. The van der Waals surface area contributed by atoms with Crippen LogP contribution in [0.1, 0.15) is 21.1 Å². The molecule has 1 saturated heterocycles. The van der Waals surface area contributed by atoms with Gasteiger partial charge in [0, 0.05) is 6.04 Å². The molecule has 0 aromatic carbocycles. The Labute approximate surface area is 51.3 Å². The summed E-state index contributed by atoms with van der Waals surface area (Å²) in [6.45, 7) is 2.47. The molecule has 8 heavy (non-hydrogen) atoms. The summed E-state index contributed by atoms with van der Waals surface area (Å²) in [6, 6.07) is -0.0162. The van der Waals surface area contributed by atoms with E-state index in [0.717, 1.165) is 19.4 Å². The lowest BCUT2D eigenvalue weighted by Gasteiger charge is -2.11. The molecule has 0 aromatic rings. The fourth-order valence-electron chi connectivity index (χ4n) is 1.04. The van der Waals surface area contributed by atoms with Gasteiger partial charge in [0.1, 0.15) is 0 Å². The van der Waals surface area contributed by atoms with Crippen LogP contribution in [0.2, 0.25) is 0 Å². The summed E-state index contributed by atoms with van der Waals surface area (Å²) in [4.78, 5) is 0. The Morgan fingerprint density at radius 1 is 2.00 bits per heavy atom. The molecule has 0 unspecified atom stereocenters. The van der Waals surface area contributed by atoms with Crippen molar-refractivity contribution in [3.63, 3.8) is 0 Å². The van der Waals surface area contributed by atoms with E-state index in [4.69, 9.17) is 6.48 Å². The summed E-state index contributed by atoms with van der Waals surface area (Å²) in [5, 5.41) is 12.2. The zero-order valence-electron chi connectivity index (χ0n) is 6.15. The molecule has 48 valence electrons. The molecule has 1 fully saturated rings. The fraction of sp³-hybridized carbons (Fsp3) is 1.00. The summed E-state index contributed by atoms with van der Waals surface area (Å²) >= 11 is 0. The summed E-state index contributed by atoms with van der Waals surface area (Å²) < 4.78 is 7.22. The summed E-state index contributed by atoms with van der Waals surface area (Å²) in [5.74, 6) is 0. The Kier molecular flexibility index (Phi) is 1.47. The molecule has 0 bridgehead atoms. The van der Waals surface area contributed by atoms with E-state index in [2.05, 4.69) is 5.32 Å². The minimum absolute atomic E-state index is 0.0162. The van der Waals surface area contributed by atoms with Crippen molar-refractivity contribution in [3.05, 3.63) is 0 Å². The molecule has 0 spiro atoms. The molecule has 2 nitrogen and oxygen atoms in total. The highest BCUT2D eigenvalue weighted by molar-refractivity contribution is 4.77. The first kappa shape index (κ1) is 4.77. The predicted octanol–water partition coefficient (Wildman–Crippen LogP) is 0.119. The molecule has 0 amide bonds. The van der Waals surface area contributed by atoms with E-state index >= 15 is 0 Å². The first-order valence-corrected chi connectivity index (χ1v) is 3.06. The maximum absolute atomic E-state index is 9.12. The van der Waals surface area contributed by atoms with Crippen LogP contribution in [0.15, 0.2) is 0 Å². The minimum atomic E-state index is -1.28. The number of hydrogen-bond donors (Lipinski definition) is 2. The monoisotopic (exact) mass is 116 g/mol. The molecule has 2 atom stereocenters. The van der Waals surface area contributed by atoms with Gasteiger partial charge in [-0.1, -0.05) is 0 Å². The normalized spacial score (nSPS) is 38.8. The van der Waals surface area contributed by atoms with E-state index in [1.54, 1.807) is 0 Å². The molecule has 1 aliphatic heterocycles. The Balaban J connectivity index is 2.42. The van der Waals surface area contributed by atoms with Crippen molar-refractivity contribution in [2.75, 3.05) is 6.54 Å². The molecule has 2 N–H and O–H groups in total. The van der Waals surface area contributed by atoms with Gasteiger partial charge in [-0.05, 0) is 26.3 Å². The van der Waals surface area contributed by atoms with Crippen LogP contribution in [0.5, 0.6) is 0 Å². The standard InChI is InChI=1S/C6H13NO/c1-5(8)6-3-2-4-7-6/h5-8H,2-4H2,1H3/t5-,6+/m1/s1/i5D. The lowest BCUT2D eigenvalue weighted by atomic mass is 10.1. The lowest BCUT2D eigenvalue weighted by Crippen LogP contribution is -2.32. The fourth-order valence-corrected chi connectivity index (χ4v) is 1.04. The van der Waals surface area contributed by atoms with Crippen LogP contribution in [-0.2, 0) is 0 Å². The highest BCUT2D eigenvalue weighted by Gasteiger charge is 2.17. The maximum Gasteiger partial charge on any atom is 0.0665 e. The van der Waals surface area contributed by atoms with Crippen LogP contribution < -0.4 is 5.32 Å². The second-order valence-electron chi connectivity index (χ2n) is 2.29. The third kappa shape index (κ3) is 1.20. The maximum atomic E-state index is 9.12. The van der Waals surface area contributed by atoms with E-state index in [1.807, 2.05) is 0 Å². The van der Waals surface area contributed by atoms with Crippen LogP contribution in [0.3, 0.4) is 0 Å². The number of nitrogens with one attached hydrogen (secondary N) is 1. The molecular weight excluding hydrogens is 102 g/mol. The topological polar surface area (TPSA) is 32.3 Å². The smallest absolute Gasteiger partial charge is 0.0665 e. The highest BCUT2D eigenvalue weighted by atomic mass is 16.3. The van der Waals surface area contributed by atoms with Crippen molar-refractivity contribution >= 4 is 0 Å². The Hall–Kier alpha value is -0.0800. The Morgan fingerprint density at radius 2 is 2.75 bits per heavy atom. The van der Waals surface area contributed by atoms with Crippen LogP contribution in [0, 0.1) is 0 Å². The molecule has 1 rings (SSSR count). The zero-order chi connectivity index (χ0) is 6.91. The van der Waals surface area contributed by atoms with Crippen LogP contribution in [0.4, 0.5) is 0 Å². The van der Waals surface area contributed by atoms with Crippen molar-refractivity contribution in [3.8, 4) is 0 Å². The SMILES string of the molecule is [2H][C@](C)(O)[C@@H]1CCCN1.